The highest BCUT2D eigenvalue weighted by atomic mass is 32.1. The Labute approximate surface area is 81.6 Å². The predicted molar refractivity (Wildman–Crippen MR) is 55.1 cm³/mol. The van der Waals surface area contributed by atoms with Crippen LogP contribution in [0.5, 0.6) is 5.75 Å². The molecule has 13 heavy (non-hydrogen) atoms. The zero-order valence-electron chi connectivity index (χ0n) is 7.28. The van der Waals surface area contributed by atoms with Gasteiger partial charge in [0.1, 0.15) is 5.75 Å². The van der Waals surface area contributed by atoms with Crippen LogP contribution in [-0.4, -0.2) is 7.11 Å². The number of benzene rings is 1. The first-order chi connectivity index (χ1) is 6.40. The van der Waals surface area contributed by atoms with E-state index in [0.717, 1.165) is 11.3 Å². The average Bonchev–Trinajstić information content (AvgIpc) is 2.71. The summed E-state index contributed by atoms with van der Waals surface area (Å²) in [6, 6.07) is 10.1. The van der Waals surface area contributed by atoms with Crippen molar-refractivity contribution >= 4 is 11.3 Å². The molecule has 0 atom stereocenters. The van der Waals surface area contributed by atoms with E-state index in [2.05, 4.69) is 11.4 Å². The van der Waals surface area contributed by atoms with Crippen molar-refractivity contribution < 1.29 is 4.74 Å². The lowest BCUT2D eigenvalue weighted by Crippen LogP contribution is -1.81. The molecule has 0 spiro atoms. The maximum Gasteiger partial charge on any atom is 0.117 e. The third-order valence-electron chi connectivity index (χ3n) is 1.87. The zero-order valence-corrected chi connectivity index (χ0v) is 8.10. The molecule has 0 aliphatic rings. The van der Waals surface area contributed by atoms with E-state index in [1.54, 1.807) is 18.4 Å². The van der Waals surface area contributed by atoms with Crippen LogP contribution in [-0.2, 0) is 0 Å². The highest BCUT2D eigenvalue weighted by Gasteiger charge is 1.90. The lowest BCUT2D eigenvalue weighted by Gasteiger charge is -2.05. The summed E-state index contributed by atoms with van der Waals surface area (Å²) < 4.78 is 5.08. The van der Waals surface area contributed by atoms with E-state index < -0.39 is 0 Å². The molecule has 1 aromatic heterocycles. The van der Waals surface area contributed by atoms with E-state index in [4.69, 9.17) is 4.74 Å². The van der Waals surface area contributed by atoms with Crippen molar-refractivity contribution in [3.8, 4) is 16.9 Å². The molecule has 0 radical (unpaired) electrons. The van der Waals surface area contributed by atoms with Gasteiger partial charge in [0, 0.05) is 0 Å². The highest BCUT2D eigenvalue weighted by Crippen LogP contribution is 2.23. The molecule has 2 rings (SSSR count). The molecule has 0 aliphatic carbocycles. The van der Waals surface area contributed by atoms with Crippen LogP contribution in [0.25, 0.3) is 11.1 Å². The number of hydrogen-bond acceptors (Lipinski definition) is 2. The Hall–Kier alpha value is -1.28. The summed E-state index contributed by atoms with van der Waals surface area (Å²) in [6.07, 6.45) is 0. The number of ether oxygens (including phenoxy) is 1. The van der Waals surface area contributed by atoms with E-state index in [-0.39, 0.29) is 0 Å². The Morgan fingerprint density at radius 2 is 1.92 bits per heavy atom. The quantitative estimate of drug-likeness (QED) is 0.659. The van der Waals surface area contributed by atoms with Gasteiger partial charge >= 0.3 is 0 Å². The van der Waals surface area contributed by atoms with Crippen molar-refractivity contribution in [2.24, 2.45) is 0 Å². The first-order valence-electron chi connectivity index (χ1n) is 4.00. The maximum atomic E-state index is 5.08. The first-order valence-corrected chi connectivity index (χ1v) is 4.88. The van der Waals surface area contributed by atoms with Crippen LogP contribution in [0.2, 0.25) is 0 Å². The van der Waals surface area contributed by atoms with Gasteiger partial charge in [0.25, 0.3) is 0 Å². The molecule has 1 aromatic carbocycles. The summed E-state index contributed by atoms with van der Waals surface area (Å²) >= 11 is 1.59. The number of hydrogen-bond donors (Lipinski definition) is 0. The van der Waals surface area contributed by atoms with Gasteiger partial charge in [-0.05, 0) is 12.1 Å². The summed E-state index contributed by atoms with van der Waals surface area (Å²) in [7, 11) is 1.67. The Kier molecular flexibility index (Phi) is 2.32. The molecule has 1 nitrogen and oxygen atoms in total. The van der Waals surface area contributed by atoms with E-state index in [0.29, 0.717) is 0 Å². The third-order valence-corrected chi connectivity index (χ3v) is 2.48. The Morgan fingerprint density at radius 3 is 2.46 bits per heavy atom. The SMILES string of the molecule is COc1ccc(-c2[c-]scc2)cc1. The lowest BCUT2D eigenvalue weighted by molar-refractivity contribution is 0.415. The van der Waals surface area contributed by atoms with Crippen LogP contribution in [0.4, 0.5) is 0 Å². The van der Waals surface area contributed by atoms with Gasteiger partial charge in [-0.15, -0.1) is 10.9 Å². The van der Waals surface area contributed by atoms with Crippen LogP contribution in [0, 0.1) is 5.38 Å². The Bertz CT molecular complexity index is 361. The van der Waals surface area contributed by atoms with Gasteiger partial charge in [0.2, 0.25) is 0 Å². The van der Waals surface area contributed by atoms with Gasteiger partial charge in [0.05, 0.1) is 7.11 Å². The lowest BCUT2D eigenvalue weighted by atomic mass is 10.1. The van der Waals surface area contributed by atoms with Gasteiger partial charge in [-0.3, -0.25) is 11.3 Å². The van der Waals surface area contributed by atoms with Crippen LogP contribution in [0.3, 0.4) is 0 Å². The van der Waals surface area contributed by atoms with Crippen molar-refractivity contribution in [1.82, 2.24) is 0 Å². The summed E-state index contributed by atoms with van der Waals surface area (Å²) in [5, 5.41) is 5.22. The minimum absolute atomic E-state index is 0.888. The second kappa shape index (κ2) is 3.62. The van der Waals surface area contributed by atoms with Crippen LogP contribution in [0.1, 0.15) is 0 Å². The largest absolute Gasteiger partial charge is 0.497 e. The molecule has 2 heteroatoms. The van der Waals surface area contributed by atoms with Crippen LogP contribution < -0.4 is 4.74 Å². The molecule has 0 amide bonds. The molecule has 66 valence electrons. The third kappa shape index (κ3) is 1.73. The predicted octanol–water partition coefficient (Wildman–Crippen LogP) is 3.22. The molecule has 0 aliphatic heterocycles. The number of rotatable bonds is 2. The standard InChI is InChI=1S/C11H9OS/c1-12-11-4-2-9(3-5-11)10-6-7-13-8-10/h2-7H,1H3/q-1. The monoisotopic (exact) mass is 189 g/mol. The van der Waals surface area contributed by atoms with Crippen LogP contribution >= 0.6 is 11.3 Å². The fourth-order valence-corrected chi connectivity index (χ4v) is 1.74. The number of methoxy groups -OCH3 is 1. The highest BCUT2D eigenvalue weighted by molar-refractivity contribution is 7.07. The van der Waals surface area contributed by atoms with Gasteiger partial charge in [-0.1, -0.05) is 23.1 Å². The van der Waals surface area contributed by atoms with E-state index >= 15 is 0 Å². The molecule has 0 saturated heterocycles. The Balaban J connectivity index is 2.33. The van der Waals surface area contributed by atoms with Crippen molar-refractivity contribution in [3.63, 3.8) is 0 Å². The van der Waals surface area contributed by atoms with Gasteiger partial charge in [-0.2, -0.15) is 6.07 Å². The van der Waals surface area contributed by atoms with Gasteiger partial charge in [-0.25, -0.2) is 0 Å². The minimum atomic E-state index is 0.888. The normalized spacial score (nSPS) is 9.92. The summed E-state index contributed by atoms with van der Waals surface area (Å²) in [5.74, 6) is 0.888. The fraction of sp³-hybridized carbons (Fsp3) is 0.0909. The summed E-state index contributed by atoms with van der Waals surface area (Å²) in [6.45, 7) is 0. The van der Waals surface area contributed by atoms with Crippen molar-refractivity contribution in [1.29, 1.82) is 0 Å². The zero-order chi connectivity index (χ0) is 9.10. The van der Waals surface area contributed by atoms with Gasteiger partial charge in [0.15, 0.2) is 0 Å². The molecular weight excluding hydrogens is 180 g/mol. The second-order valence-corrected chi connectivity index (χ2v) is 3.38. The molecule has 0 bridgehead atoms. The Morgan fingerprint density at radius 1 is 1.15 bits per heavy atom. The topological polar surface area (TPSA) is 9.23 Å². The minimum Gasteiger partial charge on any atom is -0.497 e. The van der Waals surface area contributed by atoms with Crippen molar-refractivity contribution in [3.05, 3.63) is 41.1 Å². The summed E-state index contributed by atoms with van der Waals surface area (Å²) in [5.41, 5.74) is 2.33. The molecule has 0 fully saturated rings. The van der Waals surface area contributed by atoms with Crippen molar-refractivity contribution in [2.75, 3.05) is 7.11 Å². The van der Waals surface area contributed by atoms with Crippen molar-refractivity contribution in [2.45, 2.75) is 0 Å². The molecule has 0 saturated carbocycles. The smallest absolute Gasteiger partial charge is 0.117 e. The van der Waals surface area contributed by atoms with Crippen LogP contribution in [0.15, 0.2) is 35.7 Å². The molecule has 0 N–H and O–H groups in total. The molecular formula is C11H9OS-. The molecule has 2 aromatic rings. The maximum absolute atomic E-state index is 5.08. The summed E-state index contributed by atoms with van der Waals surface area (Å²) in [4.78, 5) is 0. The molecule has 1 heterocycles. The van der Waals surface area contributed by atoms with E-state index in [9.17, 15) is 0 Å². The molecule has 0 unspecified atom stereocenters. The van der Waals surface area contributed by atoms with E-state index in [1.165, 1.54) is 5.56 Å². The van der Waals surface area contributed by atoms with Gasteiger partial charge < -0.3 is 4.74 Å². The number of thiophene rings is 1. The fourth-order valence-electron chi connectivity index (χ4n) is 1.16. The second-order valence-electron chi connectivity index (χ2n) is 2.66. The van der Waals surface area contributed by atoms with E-state index in [1.807, 2.05) is 29.6 Å². The average molecular weight is 189 g/mol. The first kappa shape index (κ1) is 8.32.